The number of nitrogens with one attached hydrogen (secondary N) is 1. The summed E-state index contributed by atoms with van der Waals surface area (Å²) in [7, 11) is 0. The molecule has 1 aromatic carbocycles. The lowest BCUT2D eigenvalue weighted by Crippen LogP contribution is -2.53. The summed E-state index contributed by atoms with van der Waals surface area (Å²) in [5.74, 6) is 0.158. The third-order valence-electron chi connectivity index (χ3n) is 3.00. The van der Waals surface area contributed by atoms with Crippen LogP contribution in [-0.4, -0.2) is 43.1 Å². The summed E-state index contributed by atoms with van der Waals surface area (Å²) in [4.78, 5) is 13.8. The molecule has 1 aliphatic rings. The van der Waals surface area contributed by atoms with Gasteiger partial charge in [-0.3, -0.25) is 4.79 Å². The number of amides is 1. The highest BCUT2D eigenvalue weighted by molar-refractivity contribution is 5.85. The van der Waals surface area contributed by atoms with Gasteiger partial charge in [-0.2, -0.15) is 0 Å². The molecule has 0 aromatic heterocycles. The molecule has 0 aliphatic carbocycles. The van der Waals surface area contributed by atoms with Crippen molar-refractivity contribution in [2.45, 2.75) is 13.0 Å². The molecule has 1 saturated heterocycles. The summed E-state index contributed by atoms with van der Waals surface area (Å²) >= 11 is 0. The standard InChI is InChI=1S/C13H17FN2O2.ClH/c1-10-8-15-6-7-16(10)13(17)9-18-12-4-2-11(14)3-5-12;/h2-5,10,15H,6-9H2,1H3;1H. The molecule has 0 radical (unpaired) electrons. The van der Waals surface area contributed by atoms with Crippen LogP contribution in [0.3, 0.4) is 0 Å². The minimum Gasteiger partial charge on any atom is -0.484 e. The number of nitrogens with zero attached hydrogens (tertiary/aromatic N) is 1. The minimum atomic E-state index is -0.315. The topological polar surface area (TPSA) is 41.6 Å². The average molecular weight is 289 g/mol. The van der Waals surface area contributed by atoms with Crippen LogP contribution in [0.15, 0.2) is 24.3 Å². The molecule has 2 rings (SSSR count). The first-order valence-corrected chi connectivity index (χ1v) is 6.05. The quantitative estimate of drug-likeness (QED) is 0.915. The normalized spacial score (nSPS) is 18.6. The fourth-order valence-electron chi connectivity index (χ4n) is 1.97. The van der Waals surface area contributed by atoms with Crippen LogP contribution in [-0.2, 0) is 4.79 Å². The maximum Gasteiger partial charge on any atom is 0.260 e. The Balaban J connectivity index is 0.00000180. The number of carbonyl (C=O) groups is 1. The highest BCUT2D eigenvalue weighted by Crippen LogP contribution is 2.11. The van der Waals surface area contributed by atoms with Gasteiger partial charge in [0.05, 0.1) is 0 Å². The second kappa shape index (κ2) is 7.31. The molecular weight excluding hydrogens is 271 g/mol. The van der Waals surface area contributed by atoms with Crippen molar-refractivity contribution in [3.8, 4) is 5.75 Å². The van der Waals surface area contributed by atoms with E-state index in [2.05, 4.69) is 5.32 Å². The van der Waals surface area contributed by atoms with E-state index in [0.29, 0.717) is 12.3 Å². The third-order valence-corrected chi connectivity index (χ3v) is 3.00. The predicted molar refractivity (Wildman–Crippen MR) is 73.2 cm³/mol. The third kappa shape index (κ3) is 4.36. The molecule has 6 heteroatoms. The van der Waals surface area contributed by atoms with Crippen molar-refractivity contribution in [1.29, 1.82) is 0 Å². The average Bonchev–Trinajstić information content (AvgIpc) is 2.38. The SMILES string of the molecule is CC1CNCCN1C(=O)COc1ccc(F)cc1.Cl. The number of hydrogen-bond donors (Lipinski definition) is 1. The van der Waals surface area contributed by atoms with Crippen LogP contribution in [0.25, 0.3) is 0 Å². The highest BCUT2D eigenvalue weighted by Gasteiger charge is 2.22. The first-order chi connectivity index (χ1) is 8.66. The molecular formula is C13H18ClFN2O2. The van der Waals surface area contributed by atoms with Gasteiger partial charge in [0, 0.05) is 25.7 Å². The van der Waals surface area contributed by atoms with E-state index in [1.165, 1.54) is 24.3 Å². The first kappa shape index (κ1) is 15.7. The smallest absolute Gasteiger partial charge is 0.260 e. The Morgan fingerprint density at radius 3 is 2.79 bits per heavy atom. The molecule has 1 heterocycles. The summed E-state index contributed by atoms with van der Waals surface area (Å²) < 4.78 is 18.0. The van der Waals surface area contributed by atoms with Gasteiger partial charge >= 0.3 is 0 Å². The fourth-order valence-corrected chi connectivity index (χ4v) is 1.97. The van der Waals surface area contributed by atoms with E-state index in [4.69, 9.17) is 4.74 Å². The van der Waals surface area contributed by atoms with Crippen molar-refractivity contribution in [3.05, 3.63) is 30.1 Å². The Labute approximate surface area is 118 Å². The van der Waals surface area contributed by atoms with Gasteiger partial charge in [0.25, 0.3) is 5.91 Å². The van der Waals surface area contributed by atoms with E-state index in [1.54, 1.807) is 4.90 Å². The van der Waals surface area contributed by atoms with E-state index in [9.17, 15) is 9.18 Å². The van der Waals surface area contributed by atoms with Gasteiger partial charge in [-0.1, -0.05) is 0 Å². The van der Waals surface area contributed by atoms with Crippen LogP contribution in [0.5, 0.6) is 5.75 Å². The van der Waals surface area contributed by atoms with Crippen LogP contribution in [0.2, 0.25) is 0 Å². The van der Waals surface area contributed by atoms with E-state index in [0.717, 1.165) is 13.1 Å². The zero-order valence-corrected chi connectivity index (χ0v) is 11.6. The van der Waals surface area contributed by atoms with Crippen LogP contribution in [0.4, 0.5) is 4.39 Å². The zero-order valence-electron chi connectivity index (χ0n) is 10.8. The maximum absolute atomic E-state index is 12.7. The van der Waals surface area contributed by atoms with Gasteiger partial charge in [0.2, 0.25) is 0 Å². The second-order valence-electron chi connectivity index (χ2n) is 4.38. The van der Waals surface area contributed by atoms with Crippen LogP contribution < -0.4 is 10.1 Å². The van der Waals surface area contributed by atoms with Crippen molar-refractivity contribution in [1.82, 2.24) is 10.2 Å². The van der Waals surface area contributed by atoms with Gasteiger partial charge in [-0.05, 0) is 31.2 Å². The minimum absolute atomic E-state index is 0. The molecule has 0 bridgehead atoms. The van der Waals surface area contributed by atoms with E-state index in [-0.39, 0.29) is 36.8 Å². The molecule has 1 fully saturated rings. The molecule has 19 heavy (non-hydrogen) atoms. The van der Waals surface area contributed by atoms with E-state index >= 15 is 0 Å². The number of piperazine rings is 1. The van der Waals surface area contributed by atoms with Gasteiger partial charge in [-0.25, -0.2) is 4.39 Å². The highest BCUT2D eigenvalue weighted by atomic mass is 35.5. The number of benzene rings is 1. The Morgan fingerprint density at radius 2 is 2.16 bits per heavy atom. The number of rotatable bonds is 3. The van der Waals surface area contributed by atoms with Gasteiger partial charge in [0.15, 0.2) is 6.61 Å². The summed E-state index contributed by atoms with van der Waals surface area (Å²) in [5, 5.41) is 3.22. The van der Waals surface area contributed by atoms with Gasteiger partial charge < -0.3 is 15.0 Å². The molecule has 1 aromatic rings. The summed E-state index contributed by atoms with van der Waals surface area (Å²) in [6.45, 7) is 4.32. The molecule has 106 valence electrons. The van der Waals surface area contributed by atoms with Crippen LogP contribution in [0.1, 0.15) is 6.92 Å². The molecule has 0 saturated carbocycles. The number of hydrogen-bond acceptors (Lipinski definition) is 3. The largest absolute Gasteiger partial charge is 0.484 e. The lowest BCUT2D eigenvalue weighted by atomic mass is 10.2. The zero-order chi connectivity index (χ0) is 13.0. The van der Waals surface area contributed by atoms with Crippen molar-refractivity contribution in [3.63, 3.8) is 0 Å². The predicted octanol–water partition coefficient (Wildman–Crippen LogP) is 1.45. The lowest BCUT2D eigenvalue weighted by molar-refractivity contribution is -0.136. The van der Waals surface area contributed by atoms with Crippen molar-refractivity contribution in [2.24, 2.45) is 0 Å². The van der Waals surface area contributed by atoms with Crippen LogP contribution >= 0.6 is 12.4 Å². The van der Waals surface area contributed by atoms with Crippen molar-refractivity contribution in [2.75, 3.05) is 26.2 Å². The molecule has 1 aliphatic heterocycles. The van der Waals surface area contributed by atoms with Crippen molar-refractivity contribution >= 4 is 18.3 Å². The lowest BCUT2D eigenvalue weighted by Gasteiger charge is -2.33. The molecule has 4 nitrogen and oxygen atoms in total. The number of carbonyl (C=O) groups excluding carboxylic acids is 1. The summed E-state index contributed by atoms with van der Waals surface area (Å²) in [6.07, 6.45) is 0. The Kier molecular flexibility index (Phi) is 6.05. The molecule has 1 unspecified atom stereocenters. The van der Waals surface area contributed by atoms with Gasteiger partial charge in [-0.15, -0.1) is 12.4 Å². The van der Waals surface area contributed by atoms with Gasteiger partial charge in [0.1, 0.15) is 11.6 Å². The fraction of sp³-hybridized carbons (Fsp3) is 0.462. The van der Waals surface area contributed by atoms with E-state index in [1.807, 2.05) is 6.92 Å². The Hall–Kier alpha value is -1.33. The van der Waals surface area contributed by atoms with E-state index < -0.39 is 0 Å². The monoisotopic (exact) mass is 288 g/mol. The molecule has 1 N–H and O–H groups in total. The second-order valence-corrected chi connectivity index (χ2v) is 4.38. The Morgan fingerprint density at radius 1 is 1.47 bits per heavy atom. The maximum atomic E-state index is 12.7. The van der Waals surface area contributed by atoms with Crippen molar-refractivity contribution < 1.29 is 13.9 Å². The van der Waals surface area contributed by atoms with Crippen LogP contribution in [0, 0.1) is 5.82 Å². The molecule has 1 atom stereocenters. The molecule has 1 amide bonds. The summed E-state index contributed by atoms with van der Waals surface area (Å²) in [5.41, 5.74) is 0. The molecule has 0 spiro atoms. The Bertz CT molecular complexity index is 414. The summed E-state index contributed by atoms with van der Waals surface area (Å²) in [6, 6.07) is 5.84. The number of halogens is 2. The first-order valence-electron chi connectivity index (χ1n) is 6.05. The number of ether oxygens (including phenoxy) is 1.